The number of nitrogens with zero attached hydrogens (tertiary/aromatic N) is 2. The number of amides is 1. The van der Waals surface area contributed by atoms with E-state index in [1.807, 2.05) is 0 Å². The van der Waals surface area contributed by atoms with Gasteiger partial charge in [0.25, 0.3) is 5.91 Å². The molecule has 2 heterocycles. The Bertz CT molecular complexity index is 1220. The largest absolute Gasteiger partial charge is 0.454 e. The molecule has 2 aromatic carbocycles. The fourth-order valence-corrected chi connectivity index (χ4v) is 3.25. The topological polar surface area (TPSA) is 121 Å². The van der Waals surface area contributed by atoms with Gasteiger partial charge in [-0.1, -0.05) is 17.2 Å². The van der Waals surface area contributed by atoms with Crippen LogP contribution in [0.25, 0.3) is 17.5 Å². The maximum Gasteiger partial charge on any atom is 0.322 e. The lowest BCUT2D eigenvalue weighted by atomic mass is 10.2. The van der Waals surface area contributed by atoms with Crippen LogP contribution in [0.4, 0.5) is 6.01 Å². The molecule has 0 bridgehead atoms. The van der Waals surface area contributed by atoms with Gasteiger partial charge in [0, 0.05) is 17.9 Å². The Hall–Kier alpha value is -3.66. The van der Waals surface area contributed by atoms with Crippen molar-refractivity contribution in [1.29, 1.82) is 0 Å². The van der Waals surface area contributed by atoms with Crippen molar-refractivity contribution in [3.8, 4) is 23.0 Å². The lowest BCUT2D eigenvalue weighted by Gasteiger charge is -2.00. The van der Waals surface area contributed by atoms with Gasteiger partial charge in [0.05, 0.1) is 4.90 Å². The zero-order valence-corrected chi connectivity index (χ0v) is 16.0. The predicted octanol–water partition coefficient (Wildman–Crippen LogP) is 2.52. The summed E-state index contributed by atoms with van der Waals surface area (Å²) in [6.45, 7) is 0.176. The van der Waals surface area contributed by atoms with Crippen molar-refractivity contribution >= 4 is 27.8 Å². The summed E-state index contributed by atoms with van der Waals surface area (Å²) < 4.78 is 39.3. The van der Waals surface area contributed by atoms with E-state index < -0.39 is 15.7 Å². The SMILES string of the molecule is CS(=O)(=O)c1cccc(-c2nnc(NC(=O)/C=C/c3ccc4c(c3)OCO4)o2)c1. The molecule has 4 rings (SSSR count). The van der Waals surface area contributed by atoms with Crippen LogP contribution >= 0.6 is 0 Å². The fourth-order valence-electron chi connectivity index (χ4n) is 2.59. The second kappa shape index (κ2) is 7.40. The first-order chi connectivity index (χ1) is 13.9. The van der Waals surface area contributed by atoms with Crippen LogP contribution in [0.15, 0.2) is 57.9 Å². The highest BCUT2D eigenvalue weighted by Gasteiger charge is 2.14. The Kier molecular flexibility index (Phi) is 4.77. The highest BCUT2D eigenvalue weighted by molar-refractivity contribution is 7.90. The molecule has 1 aliphatic heterocycles. The van der Waals surface area contributed by atoms with Crippen LogP contribution in [-0.4, -0.2) is 37.6 Å². The molecule has 10 heteroatoms. The summed E-state index contributed by atoms with van der Waals surface area (Å²) in [6, 6.07) is 11.3. The molecule has 148 valence electrons. The summed E-state index contributed by atoms with van der Waals surface area (Å²) in [5.41, 5.74) is 1.19. The third-order valence-corrected chi connectivity index (χ3v) is 5.10. The van der Waals surface area contributed by atoms with Gasteiger partial charge in [-0.25, -0.2) is 8.42 Å². The van der Waals surface area contributed by atoms with E-state index in [-0.39, 0.29) is 23.6 Å². The van der Waals surface area contributed by atoms with Gasteiger partial charge in [0.1, 0.15) is 0 Å². The number of benzene rings is 2. The highest BCUT2D eigenvalue weighted by atomic mass is 32.2. The summed E-state index contributed by atoms with van der Waals surface area (Å²) in [4.78, 5) is 12.2. The number of rotatable bonds is 5. The van der Waals surface area contributed by atoms with Crippen LogP contribution in [0.3, 0.4) is 0 Å². The summed E-state index contributed by atoms with van der Waals surface area (Å²) in [6.07, 6.45) is 4.02. The van der Waals surface area contributed by atoms with E-state index in [9.17, 15) is 13.2 Å². The first-order valence-corrected chi connectivity index (χ1v) is 10.3. The molecule has 0 radical (unpaired) electrons. The Morgan fingerprint density at radius 2 is 1.93 bits per heavy atom. The van der Waals surface area contributed by atoms with Gasteiger partial charge in [-0.3, -0.25) is 10.1 Å². The average molecular weight is 413 g/mol. The third-order valence-electron chi connectivity index (χ3n) is 3.99. The number of hydrogen-bond acceptors (Lipinski definition) is 8. The molecule has 3 aromatic rings. The molecule has 0 aliphatic carbocycles. The number of aromatic nitrogens is 2. The van der Waals surface area contributed by atoms with Crippen LogP contribution in [0, 0.1) is 0 Å². The molecule has 29 heavy (non-hydrogen) atoms. The molecule has 9 nitrogen and oxygen atoms in total. The minimum absolute atomic E-state index is 0.0885. The number of carbonyl (C=O) groups is 1. The number of nitrogens with one attached hydrogen (secondary N) is 1. The maximum atomic E-state index is 12.1. The molecule has 1 aromatic heterocycles. The summed E-state index contributed by atoms with van der Waals surface area (Å²) in [5.74, 6) is 0.892. The van der Waals surface area contributed by atoms with Crippen molar-refractivity contribution in [3.05, 3.63) is 54.1 Å². The van der Waals surface area contributed by atoms with E-state index in [0.717, 1.165) is 11.8 Å². The number of fused-ring (bicyclic) bond motifs is 1. The van der Waals surface area contributed by atoms with Crippen molar-refractivity contribution < 1.29 is 27.1 Å². The van der Waals surface area contributed by atoms with Crippen LogP contribution < -0.4 is 14.8 Å². The Morgan fingerprint density at radius 3 is 2.76 bits per heavy atom. The first kappa shape index (κ1) is 18.7. The van der Waals surface area contributed by atoms with Crippen LogP contribution in [0.2, 0.25) is 0 Å². The zero-order chi connectivity index (χ0) is 20.4. The van der Waals surface area contributed by atoms with Crippen molar-refractivity contribution in [1.82, 2.24) is 10.2 Å². The molecular formula is C19H15N3O6S. The quantitative estimate of drug-likeness (QED) is 0.634. The van der Waals surface area contributed by atoms with Crippen LogP contribution in [0.5, 0.6) is 11.5 Å². The number of anilines is 1. The van der Waals surface area contributed by atoms with E-state index in [4.69, 9.17) is 13.9 Å². The van der Waals surface area contributed by atoms with Gasteiger partial charge in [-0.2, -0.15) is 0 Å². The van der Waals surface area contributed by atoms with Crippen LogP contribution in [0.1, 0.15) is 5.56 Å². The van der Waals surface area contributed by atoms with Crippen molar-refractivity contribution in [2.45, 2.75) is 4.90 Å². The van der Waals surface area contributed by atoms with Crippen molar-refractivity contribution in [2.75, 3.05) is 18.4 Å². The Labute approximate surface area is 165 Å². The van der Waals surface area contributed by atoms with Crippen molar-refractivity contribution in [3.63, 3.8) is 0 Å². The van der Waals surface area contributed by atoms with E-state index >= 15 is 0 Å². The molecule has 1 aliphatic rings. The standard InChI is InChI=1S/C19H15N3O6S/c1-29(24,25)14-4-2-3-13(10-14)18-21-22-19(28-18)20-17(23)8-6-12-5-7-15-16(9-12)27-11-26-15/h2-10H,11H2,1H3,(H,20,22,23)/b8-6+. The Balaban J connectivity index is 1.44. The monoisotopic (exact) mass is 413 g/mol. The van der Waals surface area contributed by atoms with E-state index in [0.29, 0.717) is 17.1 Å². The zero-order valence-electron chi connectivity index (χ0n) is 15.2. The number of carbonyl (C=O) groups excluding carboxylic acids is 1. The van der Waals surface area contributed by atoms with E-state index in [1.165, 1.54) is 18.2 Å². The van der Waals surface area contributed by atoms with Crippen molar-refractivity contribution in [2.24, 2.45) is 0 Å². The highest BCUT2D eigenvalue weighted by Crippen LogP contribution is 2.32. The smallest absolute Gasteiger partial charge is 0.322 e. The minimum Gasteiger partial charge on any atom is -0.454 e. The summed E-state index contributed by atoms with van der Waals surface area (Å²) in [5, 5.41) is 10.1. The second-order valence-electron chi connectivity index (χ2n) is 6.15. The fraction of sp³-hybridized carbons (Fsp3) is 0.105. The molecule has 0 unspecified atom stereocenters. The van der Waals surface area contributed by atoms with Gasteiger partial charge in [-0.05, 0) is 42.0 Å². The molecular weight excluding hydrogens is 398 g/mol. The second-order valence-corrected chi connectivity index (χ2v) is 8.16. The van der Waals surface area contributed by atoms with Crippen LogP contribution in [-0.2, 0) is 14.6 Å². The van der Waals surface area contributed by atoms with Gasteiger partial charge in [-0.15, -0.1) is 5.10 Å². The molecule has 0 atom stereocenters. The predicted molar refractivity (Wildman–Crippen MR) is 103 cm³/mol. The lowest BCUT2D eigenvalue weighted by molar-refractivity contribution is -0.112. The third kappa shape index (κ3) is 4.27. The first-order valence-electron chi connectivity index (χ1n) is 8.41. The van der Waals surface area contributed by atoms with Gasteiger partial charge < -0.3 is 13.9 Å². The molecule has 0 spiro atoms. The molecule has 0 fully saturated rings. The average Bonchev–Trinajstić information content (AvgIpc) is 3.34. The molecule has 0 saturated heterocycles. The molecule has 1 amide bonds. The van der Waals surface area contributed by atoms with Gasteiger partial charge in [0.2, 0.25) is 12.7 Å². The van der Waals surface area contributed by atoms with E-state index in [2.05, 4.69) is 15.5 Å². The number of sulfone groups is 1. The lowest BCUT2D eigenvalue weighted by Crippen LogP contribution is -2.07. The summed E-state index contributed by atoms with van der Waals surface area (Å²) >= 11 is 0. The molecule has 0 saturated carbocycles. The number of hydrogen-bond donors (Lipinski definition) is 1. The van der Waals surface area contributed by atoms with Gasteiger partial charge in [0.15, 0.2) is 21.3 Å². The normalized spacial score (nSPS) is 13.0. The summed E-state index contributed by atoms with van der Waals surface area (Å²) in [7, 11) is -3.37. The van der Waals surface area contributed by atoms with Gasteiger partial charge >= 0.3 is 6.01 Å². The Morgan fingerprint density at radius 1 is 1.10 bits per heavy atom. The minimum atomic E-state index is -3.37. The molecule has 1 N–H and O–H groups in total. The number of ether oxygens (including phenoxy) is 2. The maximum absolute atomic E-state index is 12.1. The van der Waals surface area contributed by atoms with E-state index in [1.54, 1.807) is 36.4 Å².